The second-order valence-electron chi connectivity index (χ2n) is 7.78. The molecule has 2 aliphatic heterocycles. The highest BCUT2D eigenvalue weighted by Gasteiger charge is 2.63. The SMILES string of the molecule is CC1(C)S[C@@H]2C(NC(=O)CC3CCCCC3)C(=O)N2C1c1nn[nH]n1. The number of nitrogens with one attached hydrogen (secondary N) is 2. The Morgan fingerprint density at radius 1 is 1.36 bits per heavy atom. The maximum atomic E-state index is 12.7. The predicted molar refractivity (Wildman–Crippen MR) is 92.3 cm³/mol. The van der Waals surface area contributed by atoms with Crippen molar-refractivity contribution in [2.75, 3.05) is 0 Å². The minimum Gasteiger partial charge on any atom is -0.342 e. The number of β-lactam (4-membered cyclic amide) rings is 1. The van der Waals surface area contributed by atoms with Crippen molar-refractivity contribution in [1.29, 1.82) is 0 Å². The predicted octanol–water partition coefficient (Wildman–Crippen LogP) is 1.39. The molecule has 9 heteroatoms. The van der Waals surface area contributed by atoms with Gasteiger partial charge >= 0.3 is 0 Å². The van der Waals surface area contributed by atoms with Crippen molar-refractivity contribution in [3.63, 3.8) is 0 Å². The molecule has 8 nitrogen and oxygen atoms in total. The zero-order valence-corrected chi connectivity index (χ0v) is 15.4. The monoisotopic (exact) mass is 364 g/mol. The van der Waals surface area contributed by atoms with Gasteiger partial charge in [-0.15, -0.1) is 22.0 Å². The Bertz CT molecular complexity index is 658. The molecule has 2 saturated heterocycles. The molecule has 1 aromatic heterocycles. The van der Waals surface area contributed by atoms with E-state index < -0.39 is 6.04 Å². The largest absolute Gasteiger partial charge is 0.342 e. The lowest BCUT2D eigenvalue weighted by atomic mass is 9.86. The molecule has 0 radical (unpaired) electrons. The van der Waals surface area contributed by atoms with Gasteiger partial charge in [-0.2, -0.15) is 5.21 Å². The molecule has 0 bridgehead atoms. The summed E-state index contributed by atoms with van der Waals surface area (Å²) < 4.78 is -0.229. The summed E-state index contributed by atoms with van der Waals surface area (Å²) in [4.78, 5) is 26.9. The number of tetrazole rings is 1. The summed E-state index contributed by atoms with van der Waals surface area (Å²) in [5, 5.41) is 17.1. The number of aromatic nitrogens is 4. The summed E-state index contributed by atoms with van der Waals surface area (Å²) in [6, 6.07) is -0.655. The van der Waals surface area contributed by atoms with Crippen LogP contribution in [0, 0.1) is 5.92 Å². The van der Waals surface area contributed by atoms with Crippen LogP contribution >= 0.6 is 11.8 Å². The minimum atomic E-state index is -0.433. The number of rotatable bonds is 4. The van der Waals surface area contributed by atoms with Gasteiger partial charge < -0.3 is 10.2 Å². The van der Waals surface area contributed by atoms with Crippen molar-refractivity contribution in [2.24, 2.45) is 5.92 Å². The van der Waals surface area contributed by atoms with Gasteiger partial charge in [0, 0.05) is 11.2 Å². The molecule has 2 N–H and O–H groups in total. The summed E-state index contributed by atoms with van der Waals surface area (Å²) in [6.45, 7) is 4.15. The van der Waals surface area contributed by atoms with Gasteiger partial charge in [0.1, 0.15) is 17.5 Å². The molecule has 1 aromatic rings. The molecule has 1 aliphatic carbocycles. The molecule has 3 aliphatic rings. The summed E-state index contributed by atoms with van der Waals surface area (Å²) in [5.74, 6) is 0.960. The molecular formula is C16H24N6O2S. The molecule has 0 spiro atoms. The van der Waals surface area contributed by atoms with Crippen molar-refractivity contribution in [1.82, 2.24) is 30.8 Å². The Labute approximate surface area is 150 Å². The van der Waals surface area contributed by atoms with E-state index in [1.54, 1.807) is 16.7 Å². The summed E-state index contributed by atoms with van der Waals surface area (Å²) in [7, 11) is 0. The molecule has 4 rings (SSSR count). The second-order valence-corrected chi connectivity index (χ2v) is 9.55. The number of aromatic amines is 1. The van der Waals surface area contributed by atoms with Crippen LogP contribution in [0.1, 0.15) is 64.2 Å². The van der Waals surface area contributed by atoms with Crippen LogP contribution in [0.5, 0.6) is 0 Å². The topological polar surface area (TPSA) is 104 Å². The highest BCUT2D eigenvalue weighted by atomic mass is 32.2. The Hall–Kier alpha value is -1.64. The zero-order chi connectivity index (χ0) is 17.6. The van der Waals surface area contributed by atoms with E-state index in [2.05, 4.69) is 39.8 Å². The zero-order valence-electron chi connectivity index (χ0n) is 14.6. The summed E-state index contributed by atoms with van der Waals surface area (Å²) in [6.07, 6.45) is 6.51. The van der Waals surface area contributed by atoms with E-state index >= 15 is 0 Å². The Morgan fingerprint density at radius 3 is 2.80 bits per heavy atom. The fraction of sp³-hybridized carbons (Fsp3) is 0.812. The fourth-order valence-corrected chi connectivity index (χ4v) is 5.97. The van der Waals surface area contributed by atoms with Gasteiger partial charge in [-0.05, 0) is 32.6 Å². The standard InChI is InChI=1S/C16H24N6O2S/c1-16(2)12(13-18-20-21-19-13)22-14(24)11(15(22)25-16)17-10(23)8-9-6-4-3-5-7-9/h9,11-12,15H,3-8H2,1-2H3,(H,17,23)(H,18,19,20,21)/t11?,12?,15-/m1/s1. The van der Waals surface area contributed by atoms with E-state index in [1.807, 2.05) is 0 Å². The maximum Gasteiger partial charge on any atom is 0.249 e. The van der Waals surface area contributed by atoms with Crippen LogP contribution in [0.2, 0.25) is 0 Å². The van der Waals surface area contributed by atoms with E-state index in [-0.39, 0.29) is 28.0 Å². The van der Waals surface area contributed by atoms with Crippen LogP contribution in [0.3, 0.4) is 0 Å². The first-order chi connectivity index (χ1) is 12.0. The molecule has 136 valence electrons. The van der Waals surface area contributed by atoms with Crippen LogP contribution in [-0.2, 0) is 9.59 Å². The average Bonchev–Trinajstić information content (AvgIpc) is 3.18. The first-order valence-electron chi connectivity index (χ1n) is 9.00. The van der Waals surface area contributed by atoms with Gasteiger partial charge in [-0.25, -0.2) is 0 Å². The average molecular weight is 364 g/mol. The lowest BCUT2D eigenvalue weighted by molar-refractivity contribution is -0.152. The van der Waals surface area contributed by atoms with Gasteiger partial charge in [0.2, 0.25) is 11.8 Å². The molecule has 3 heterocycles. The van der Waals surface area contributed by atoms with E-state index in [1.165, 1.54) is 19.3 Å². The molecule has 0 aromatic carbocycles. The van der Waals surface area contributed by atoms with E-state index in [0.717, 1.165) is 12.8 Å². The van der Waals surface area contributed by atoms with Crippen molar-refractivity contribution in [3.05, 3.63) is 5.82 Å². The number of nitrogens with zero attached hydrogens (tertiary/aromatic N) is 4. The van der Waals surface area contributed by atoms with Crippen molar-refractivity contribution in [2.45, 2.75) is 74.6 Å². The smallest absolute Gasteiger partial charge is 0.249 e. The summed E-state index contributed by atoms with van der Waals surface area (Å²) in [5.41, 5.74) is 0. The number of H-pyrrole nitrogens is 1. The van der Waals surface area contributed by atoms with Gasteiger partial charge in [-0.1, -0.05) is 24.5 Å². The number of carbonyl (C=O) groups is 2. The molecule has 2 unspecified atom stereocenters. The first-order valence-corrected chi connectivity index (χ1v) is 9.88. The van der Waals surface area contributed by atoms with E-state index in [9.17, 15) is 9.59 Å². The normalized spacial score (nSPS) is 31.5. The molecule has 3 fully saturated rings. The Morgan fingerprint density at radius 2 is 2.12 bits per heavy atom. The first kappa shape index (κ1) is 16.8. The minimum absolute atomic E-state index is 0.00585. The molecular weight excluding hydrogens is 340 g/mol. The maximum absolute atomic E-state index is 12.7. The van der Waals surface area contributed by atoms with Gasteiger partial charge in [-0.3, -0.25) is 9.59 Å². The Balaban J connectivity index is 1.41. The Kier molecular flexibility index (Phi) is 4.21. The third-order valence-electron chi connectivity index (χ3n) is 5.56. The van der Waals surface area contributed by atoms with Gasteiger partial charge in [0.15, 0.2) is 5.82 Å². The molecule has 1 saturated carbocycles. The molecule has 3 atom stereocenters. The highest BCUT2D eigenvalue weighted by molar-refractivity contribution is 8.01. The third-order valence-corrected chi connectivity index (χ3v) is 7.13. The van der Waals surface area contributed by atoms with Crippen LogP contribution in [0.4, 0.5) is 0 Å². The summed E-state index contributed by atoms with van der Waals surface area (Å²) >= 11 is 1.69. The molecule has 2 amide bonds. The number of hydrogen-bond acceptors (Lipinski definition) is 6. The highest BCUT2D eigenvalue weighted by Crippen LogP contribution is 2.56. The van der Waals surface area contributed by atoms with Gasteiger partial charge in [0.05, 0.1) is 0 Å². The van der Waals surface area contributed by atoms with Crippen LogP contribution < -0.4 is 5.32 Å². The lowest BCUT2D eigenvalue weighted by Gasteiger charge is -2.44. The van der Waals surface area contributed by atoms with Crippen LogP contribution in [0.15, 0.2) is 0 Å². The number of hydrogen-bond donors (Lipinski definition) is 2. The van der Waals surface area contributed by atoms with Crippen molar-refractivity contribution in [3.8, 4) is 0 Å². The van der Waals surface area contributed by atoms with Crippen molar-refractivity contribution < 1.29 is 9.59 Å². The second kappa shape index (κ2) is 6.26. The molecule has 25 heavy (non-hydrogen) atoms. The lowest BCUT2D eigenvalue weighted by Crippen LogP contribution is -2.68. The quantitative estimate of drug-likeness (QED) is 0.783. The van der Waals surface area contributed by atoms with E-state index in [0.29, 0.717) is 18.2 Å². The van der Waals surface area contributed by atoms with Crippen LogP contribution in [-0.4, -0.2) is 53.5 Å². The van der Waals surface area contributed by atoms with Crippen molar-refractivity contribution >= 4 is 23.6 Å². The third kappa shape index (κ3) is 2.92. The number of fused-ring (bicyclic) bond motifs is 1. The van der Waals surface area contributed by atoms with Crippen LogP contribution in [0.25, 0.3) is 0 Å². The van der Waals surface area contributed by atoms with E-state index in [4.69, 9.17) is 0 Å². The van der Waals surface area contributed by atoms with Gasteiger partial charge in [0.25, 0.3) is 0 Å². The number of thioether (sulfide) groups is 1. The number of amides is 2. The fourth-order valence-electron chi connectivity index (χ4n) is 4.34. The number of carbonyl (C=O) groups excluding carboxylic acids is 2.